The van der Waals surface area contributed by atoms with Crippen molar-refractivity contribution in [2.24, 2.45) is 10.7 Å². The lowest BCUT2D eigenvalue weighted by atomic mass is 10.0. The molecule has 212 valence electrons. The van der Waals surface area contributed by atoms with Crippen molar-refractivity contribution >= 4 is 29.1 Å². The number of benzene rings is 1. The van der Waals surface area contributed by atoms with E-state index >= 15 is 0 Å². The van der Waals surface area contributed by atoms with E-state index in [9.17, 15) is 31.5 Å². The molecule has 1 atom stereocenters. The molecule has 1 aliphatic rings. The summed E-state index contributed by atoms with van der Waals surface area (Å²) in [5.74, 6) is -3.89. The highest BCUT2D eigenvalue weighted by Gasteiger charge is 2.41. The molecule has 13 heteroatoms. The Balaban J connectivity index is 1.47. The molecular formula is C27H27F5N6O2. The zero-order valence-electron chi connectivity index (χ0n) is 21.5. The van der Waals surface area contributed by atoms with Gasteiger partial charge in [0, 0.05) is 54.9 Å². The highest BCUT2D eigenvalue weighted by molar-refractivity contribution is 6.10. The number of Topliss-reactive ketones (excluding diaryl/α,β-unsaturated/α-hetero) is 1. The van der Waals surface area contributed by atoms with E-state index < -0.39 is 49.2 Å². The van der Waals surface area contributed by atoms with Gasteiger partial charge in [0.15, 0.2) is 5.65 Å². The number of hydrogen-bond donors (Lipinski definition) is 1. The summed E-state index contributed by atoms with van der Waals surface area (Å²) in [5.41, 5.74) is 9.05. The molecule has 1 aromatic carbocycles. The van der Waals surface area contributed by atoms with Gasteiger partial charge in [-0.05, 0) is 24.6 Å². The van der Waals surface area contributed by atoms with Gasteiger partial charge in [0.25, 0.3) is 5.92 Å². The van der Waals surface area contributed by atoms with Crippen LogP contribution in [-0.2, 0) is 16.0 Å². The SMILES string of the molecule is CC(N=CC(=CN)c1cnn2c(-c3cccc(CC(=O)CCC(F)(F)F)c3)cnc2c1)C(=O)N1CCC(F)(F)C1. The van der Waals surface area contributed by atoms with Gasteiger partial charge in [-0.2, -0.15) is 18.3 Å². The molecule has 0 bridgehead atoms. The van der Waals surface area contributed by atoms with Crippen LogP contribution >= 0.6 is 0 Å². The van der Waals surface area contributed by atoms with E-state index in [0.29, 0.717) is 33.6 Å². The summed E-state index contributed by atoms with van der Waals surface area (Å²) in [6.07, 6.45) is -0.850. The predicted molar refractivity (Wildman–Crippen MR) is 139 cm³/mol. The Morgan fingerprint density at radius 2 is 2.00 bits per heavy atom. The molecule has 4 rings (SSSR count). The molecule has 3 heterocycles. The van der Waals surface area contributed by atoms with E-state index in [4.69, 9.17) is 5.73 Å². The molecule has 0 radical (unpaired) electrons. The molecule has 1 unspecified atom stereocenters. The van der Waals surface area contributed by atoms with Crippen molar-refractivity contribution in [2.45, 2.75) is 50.7 Å². The molecule has 2 N–H and O–H groups in total. The maximum Gasteiger partial charge on any atom is 0.389 e. The Morgan fingerprint density at radius 3 is 2.67 bits per heavy atom. The van der Waals surface area contributed by atoms with Crippen molar-refractivity contribution < 1.29 is 31.5 Å². The number of carbonyl (C=O) groups is 2. The number of alkyl halides is 5. The number of amides is 1. The molecule has 1 aliphatic heterocycles. The van der Waals surface area contributed by atoms with Gasteiger partial charge in [0.2, 0.25) is 5.91 Å². The highest BCUT2D eigenvalue weighted by Crippen LogP contribution is 2.28. The molecule has 0 aliphatic carbocycles. The lowest BCUT2D eigenvalue weighted by molar-refractivity contribution is -0.143. The van der Waals surface area contributed by atoms with Gasteiger partial charge < -0.3 is 10.6 Å². The Labute approximate surface area is 226 Å². The van der Waals surface area contributed by atoms with Crippen molar-refractivity contribution in [1.29, 1.82) is 0 Å². The van der Waals surface area contributed by atoms with Crippen LogP contribution in [0.1, 0.15) is 37.3 Å². The van der Waals surface area contributed by atoms with E-state index in [1.807, 2.05) is 0 Å². The number of ketones is 1. The molecule has 40 heavy (non-hydrogen) atoms. The minimum Gasteiger partial charge on any atom is -0.404 e. The van der Waals surface area contributed by atoms with Gasteiger partial charge in [-0.3, -0.25) is 14.6 Å². The first-order valence-electron chi connectivity index (χ1n) is 12.5. The number of allylic oxidation sites excluding steroid dienone is 1. The number of halogens is 5. The monoisotopic (exact) mass is 562 g/mol. The third kappa shape index (κ3) is 7.07. The topological polar surface area (TPSA) is 106 Å². The highest BCUT2D eigenvalue weighted by atomic mass is 19.4. The third-order valence-electron chi connectivity index (χ3n) is 6.46. The van der Waals surface area contributed by atoms with Crippen molar-refractivity contribution in [3.05, 3.63) is 60.1 Å². The van der Waals surface area contributed by atoms with E-state index in [1.165, 1.54) is 25.5 Å². The number of hydrogen-bond acceptors (Lipinski definition) is 6. The first-order valence-corrected chi connectivity index (χ1v) is 12.5. The van der Waals surface area contributed by atoms with Crippen LogP contribution in [0, 0.1) is 0 Å². The van der Waals surface area contributed by atoms with E-state index in [0.717, 1.165) is 4.90 Å². The standard InChI is InChI=1S/C27H27F5N6O2/c1-17(25(40)37-8-7-26(28,29)16-37)34-13-21(12-33)20-11-24-35-15-23(38(24)36-14-20)19-4-2-3-18(9-19)10-22(39)5-6-27(30,31)32/h2-4,9,11-15,17H,5-8,10,16,33H2,1H3. The van der Waals surface area contributed by atoms with Crippen LogP contribution < -0.4 is 5.73 Å². The van der Waals surface area contributed by atoms with E-state index in [-0.39, 0.29) is 19.4 Å². The van der Waals surface area contributed by atoms with Gasteiger partial charge in [-0.1, -0.05) is 18.2 Å². The number of imidazole rings is 1. The Hall–Kier alpha value is -4.16. The predicted octanol–water partition coefficient (Wildman–Crippen LogP) is 4.48. The number of aliphatic imine (C=N–C) groups is 1. The molecule has 0 saturated carbocycles. The average Bonchev–Trinajstić information content (AvgIpc) is 3.49. The second-order valence-electron chi connectivity index (χ2n) is 9.63. The molecule has 1 amide bonds. The van der Waals surface area contributed by atoms with Crippen molar-refractivity contribution in [1.82, 2.24) is 19.5 Å². The largest absolute Gasteiger partial charge is 0.404 e. The number of likely N-dealkylation sites (tertiary alicyclic amines) is 1. The fourth-order valence-electron chi connectivity index (χ4n) is 4.33. The zero-order chi connectivity index (χ0) is 29.1. The molecule has 0 spiro atoms. The number of rotatable bonds is 9. The van der Waals surface area contributed by atoms with E-state index in [2.05, 4.69) is 15.1 Å². The maximum absolute atomic E-state index is 13.5. The maximum atomic E-state index is 13.5. The molecule has 1 saturated heterocycles. The Morgan fingerprint density at radius 1 is 1.23 bits per heavy atom. The molecule has 1 fully saturated rings. The van der Waals surface area contributed by atoms with Crippen LogP contribution in [0.4, 0.5) is 22.0 Å². The van der Waals surface area contributed by atoms with Crippen LogP contribution in [0.25, 0.3) is 22.5 Å². The summed E-state index contributed by atoms with van der Waals surface area (Å²) in [6, 6.07) is 7.66. The number of nitrogens with two attached hydrogens (primary N) is 1. The third-order valence-corrected chi connectivity index (χ3v) is 6.46. The van der Waals surface area contributed by atoms with Crippen LogP contribution in [0.15, 0.2) is 53.9 Å². The minimum absolute atomic E-state index is 0.0225. The first-order chi connectivity index (χ1) is 18.8. The summed E-state index contributed by atoms with van der Waals surface area (Å²) < 4.78 is 65.7. The summed E-state index contributed by atoms with van der Waals surface area (Å²) in [7, 11) is 0. The minimum atomic E-state index is -4.38. The normalized spacial score (nSPS) is 16.6. The summed E-state index contributed by atoms with van der Waals surface area (Å²) in [6.45, 7) is 0.875. The van der Waals surface area contributed by atoms with Crippen LogP contribution in [-0.4, -0.2) is 68.6 Å². The molecule has 8 nitrogen and oxygen atoms in total. The second-order valence-corrected chi connectivity index (χ2v) is 9.63. The Kier molecular flexibility index (Phi) is 8.31. The van der Waals surface area contributed by atoms with Crippen LogP contribution in [0.5, 0.6) is 0 Å². The average molecular weight is 563 g/mol. The van der Waals surface area contributed by atoms with Crippen molar-refractivity contribution in [2.75, 3.05) is 13.1 Å². The first kappa shape index (κ1) is 28.8. The summed E-state index contributed by atoms with van der Waals surface area (Å²) in [5, 5.41) is 4.42. The smallest absolute Gasteiger partial charge is 0.389 e. The zero-order valence-corrected chi connectivity index (χ0v) is 21.5. The molecule has 3 aromatic rings. The summed E-state index contributed by atoms with van der Waals surface area (Å²) >= 11 is 0. The van der Waals surface area contributed by atoms with Gasteiger partial charge in [0.05, 0.1) is 31.1 Å². The number of aromatic nitrogens is 3. The number of carbonyl (C=O) groups excluding carboxylic acids is 2. The van der Waals surface area contributed by atoms with E-state index in [1.54, 1.807) is 41.0 Å². The van der Waals surface area contributed by atoms with Crippen LogP contribution in [0.2, 0.25) is 0 Å². The van der Waals surface area contributed by atoms with Gasteiger partial charge >= 0.3 is 6.18 Å². The number of nitrogens with zero attached hydrogens (tertiary/aromatic N) is 5. The fraction of sp³-hybridized carbons (Fsp3) is 0.370. The van der Waals surface area contributed by atoms with Gasteiger partial charge in [-0.25, -0.2) is 18.3 Å². The second kappa shape index (κ2) is 11.5. The van der Waals surface area contributed by atoms with Gasteiger partial charge in [0.1, 0.15) is 11.8 Å². The lowest BCUT2D eigenvalue weighted by Gasteiger charge is -2.18. The lowest BCUT2D eigenvalue weighted by Crippen LogP contribution is -2.37. The Bertz CT molecular complexity index is 1460. The number of fused-ring (bicyclic) bond motifs is 1. The van der Waals surface area contributed by atoms with Gasteiger partial charge in [-0.15, -0.1) is 0 Å². The van der Waals surface area contributed by atoms with Crippen molar-refractivity contribution in [3.8, 4) is 11.3 Å². The van der Waals surface area contributed by atoms with Crippen molar-refractivity contribution in [3.63, 3.8) is 0 Å². The molecular weight excluding hydrogens is 535 g/mol. The quantitative estimate of drug-likeness (QED) is 0.306. The summed E-state index contributed by atoms with van der Waals surface area (Å²) in [4.78, 5) is 34.2. The van der Waals surface area contributed by atoms with Crippen LogP contribution in [0.3, 0.4) is 0 Å². The molecule has 2 aromatic heterocycles. The fourth-order valence-corrected chi connectivity index (χ4v) is 4.33.